The van der Waals surface area contributed by atoms with Crippen molar-refractivity contribution in [1.29, 1.82) is 0 Å². The van der Waals surface area contributed by atoms with Crippen LogP contribution in [0.5, 0.6) is 11.5 Å². The Hall–Kier alpha value is -1.81. The topological polar surface area (TPSA) is 76.7 Å². The number of hydrogen-bond acceptors (Lipinski definition) is 4. The maximum Gasteiger partial charge on any atom is 0.276 e. The van der Waals surface area contributed by atoms with Crippen LogP contribution in [0.3, 0.4) is 0 Å². The van der Waals surface area contributed by atoms with Crippen molar-refractivity contribution in [3.63, 3.8) is 0 Å². The first-order valence-corrected chi connectivity index (χ1v) is 9.09. The number of rotatable bonds is 5. The molecule has 132 valence electrons. The maximum atomic E-state index is 12.0. The maximum absolute atomic E-state index is 12.0. The molecule has 2 amide bonds. The molecule has 0 unspecified atom stereocenters. The van der Waals surface area contributed by atoms with Crippen LogP contribution < -0.4 is 20.3 Å². The van der Waals surface area contributed by atoms with Crippen molar-refractivity contribution < 1.29 is 19.1 Å². The Balaban J connectivity index is 1.85. The molecular formula is C17H16BrIN2O4. The number of nitrogens with one attached hydrogen (secondary N) is 2. The van der Waals surface area contributed by atoms with Gasteiger partial charge in [-0.3, -0.25) is 20.4 Å². The second-order valence-corrected chi connectivity index (χ2v) is 7.09. The number of halogens is 2. The summed E-state index contributed by atoms with van der Waals surface area (Å²) in [6.45, 7) is 1.74. The third kappa shape index (κ3) is 5.60. The Kier molecular flexibility index (Phi) is 7.06. The molecule has 2 aromatic rings. The van der Waals surface area contributed by atoms with E-state index in [-0.39, 0.29) is 6.61 Å². The fourth-order valence-electron chi connectivity index (χ4n) is 1.91. The van der Waals surface area contributed by atoms with Crippen molar-refractivity contribution >= 4 is 50.3 Å². The summed E-state index contributed by atoms with van der Waals surface area (Å²) in [7, 11) is 1.56. The standard InChI is InChI=1S/C17H16BrIN2O4/c1-10-3-5-14(12(18)7-10)25-9-16(22)20-21-17(23)11-4-6-15(24-2)13(19)8-11/h3-8H,9H2,1-2H3,(H,20,22)(H,21,23). The van der Waals surface area contributed by atoms with E-state index in [1.165, 1.54) is 0 Å². The first kappa shape index (κ1) is 19.5. The summed E-state index contributed by atoms with van der Waals surface area (Å²) in [5.41, 5.74) is 6.15. The van der Waals surface area contributed by atoms with Crippen molar-refractivity contribution in [2.24, 2.45) is 0 Å². The van der Waals surface area contributed by atoms with E-state index in [0.29, 0.717) is 17.1 Å². The predicted octanol–water partition coefficient (Wildman–Crippen LogP) is 3.21. The molecule has 0 atom stereocenters. The molecule has 0 heterocycles. The summed E-state index contributed by atoms with van der Waals surface area (Å²) < 4.78 is 12.1. The molecule has 0 aliphatic heterocycles. The van der Waals surface area contributed by atoms with E-state index >= 15 is 0 Å². The van der Waals surface area contributed by atoms with E-state index < -0.39 is 11.8 Å². The molecule has 0 aromatic heterocycles. The highest BCUT2D eigenvalue weighted by Gasteiger charge is 2.11. The molecule has 8 heteroatoms. The first-order valence-electron chi connectivity index (χ1n) is 7.22. The Labute approximate surface area is 167 Å². The van der Waals surface area contributed by atoms with Crippen molar-refractivity contribution in [2.45, 2.75) is 6.92 Å². The van der Waals surface area contributed by atoms with Gasteiger partial charge in [0.05, 0.1) is 15.2 Å². The van der Waals surface area contributed by atoms with E-state index in [1.54, 1.807) is 31.4 Å². The lowest BCUT2D eigenvalue weighted by Crippen LogP contribution is -2.43. The van der Waals surface area contributed by atoms with Gasteiger partial charge in [-0.15, -0.1) is 0 Å². The number of ether oxygens (including phenoxy) is 2. The highest BCUT2D eigenvalue weighted by Crippen LogP contribution is 2.25. The van der Waals surface area contributed by atoms with Crippen molar-refractivity contribution in [2.75, 3.05) is 13.7 Å². The van der Waals surface area contributed by atoms with Crippen LogP contribution in [0.4, 0.5) is 0 Å². The van der Waals surface area contributed by atoms with Crippen molar-refractivity contribution in [1.82, 2.24) is 10.9 Å². The lowest BCUT2D eigenvalue weighted by Gasteiger charge is -2.11. The number of benzene rings is 2. The molecule has 0 fully saturated rings. The van der Waals surface area contributed by atoms with Gasteiger partial charge in [0.2, 0.25) is 0 Å². The Bertz CT molecular complexity index is 798. The summed E-state index contributed by atoms with van der Waals surface area (Å²) >= 11 is 5.44. The Morgan fingerprint density at radius 1 is 1.12 bits per heavy atom. The molecule has 6 nitrogen and oxygen atoms in total. The SMILES string of the molecule is COc1ccc(C(=O)NNC(=O)COc2ccc(C)cc2Br)cc1I. The highest BCUT2D eigenvalue weighted by atomic mass is 127. The lowest BCUT2D eigenvalue weighted by molar-refractivity contribution is -0.123. The molecule has 0 spiro atoms. The van der Waals surface area contributed by atoms with E-state index in [4.69, 9.17) is 9.47 Å². The normalized spacial score (nSPS) is 10.1. The third-order valence-corrected chi connectivity index (χ3v) is 4.64. The minimum Gasteiger partial charge on any atom is -0.496 e. The first-order chi connectivity index (χ1) is 11.9. The van der Waals surface area contributed by atoms with Crippen LogP contribution in [0.25, 0.3) is 0 Å². The molecule has 2 rings (SSSR count). The largest absolute Gasteiger partial charge is 0.496 e. The number of aryl methyl sites for hydroxylation is 1. The Morgan fingerprint density at radius 2 is 1.84 bits per heavy atom. The zero-order valence-electron chi connectivity index (χ0n) is 13.6. The molecule has 0 aliphatic rings. The van der Waals surface area contributed by atoms with Gasteiger partial charge in [-0.05, 0) is 81.3 Å². The fraction of sp³-hybridized carbons (Fsp3) is 0.176. The van der Waals surface area contributed by atoms with Crippen molar-refractivity contribution in [3.05, 3.63) is 55.6 Å². The molecule has 2 aromatic carbocycles. The molecular weight excluding hydrogens is 503 g/mol. The number of hydrazine groups is 1. The van der Waals surface area contributed by atoms with Crippen molar-refractivity contribution in [3.8, 4) is 11.5 Å². The highest BCUT2D eigenvalue weighted by molar-refractivity contribution is 14.1. The summed E-state index contributed by atoms with van der Waals surface area (Å²) in [4.78, 5) is 23.9. The second kappa shape index (κ2) is 9.04. The quantitative estimate of drug-likeness (QED) is 0.471. The number of amides is 2. The zero-order valence-corrected chi connectivity index (χ0v) is 17.3. The smallest absolute Gasteiger partial charge is 0.276 e. The monoisotopic (exact) mass is 518 g/mol. The van der Waals surface area contributed by atoms with Gasteiger partial charge in [-0.1, -0.05) is 6.07 Å². The average molecular weight is 519 g/mol. The van der Waals surface area contributed by atoms with Gasteiger partial charge in [-0.25, -0.2) is 0 Å². The van der Waals surface area contributed by atoms with Gasteiger partial charge in [0.25, 0.3) is 11.8 Å². The minimum absolute atomic E-state index is 0.220. The fourth-order valence-corrected chi connectivity index (χ4v) is 3.25. The Morgan fingerprint density at radius 3 is 2.48 bits per heavy atom. The van der Waals surface area contributed by atoms with Crippen LogP contribution in [0.1, 0.15) is 15.9 Å². The minimum atomic E-state index is -0.468. The summed E-state index contributed by atoms with van der Waals surface area (Å²) in [6, 6.07) is 10.5. The number of methoxy groups -OCH3 is 1. The van der Waals surface area contributed by atoms with E-state index in [1.807, 2.05) is 19.1 Å². The van der Waals surface area contributed by atoms with Crippen LogP contribution in [-0.2, 0) is 4.79 Å². The number of hydrogen-bond donors (Lipinski definition) is 2. The van der Waals surface area contributed by atoms with Crippen LogP contribution in [0.2, 0.25) is 0 Å². The van der Waals surface area contributed by atoms with Crippen LogP contribution in [-0.4, -0.2) is 25.5 Å². The molecule has 0 bridgehead atoms. The number of carbonyl (C=O) groups is 2. The number of carbonyl (C=O) groups excluding carboxylic acids is 2. The molecule has 0 saturated carbocycles. The van der Waals surface area contributed by atoms with E-state index in [0.717, 1.165) is 13.6 Å². The zero-order chi connectivity index (χ0) is 18.4. The second-order valence-electron chi connectivity index (χ2n) is 5.07. The summed E-state index contributed by atoms with van der Waals surface area (Å²) in [5, 5.41) is 0. The van der Waals surface area contributed by atoms with Gasteiger partial charge in [0, 0.05) is 5.56 Å². The van der Waals surface area contributed by atoms with Crippen LogP contribution in [0, 0.1) is 10.5 Å². The molecule has 25 heavy (non-hydrogen) atoms. The van der Waals surface area contributed by atoms with Gasteiger partial charge in [0.1, 0.15) is 11.5 Å². The van der Waals surface area contributed by atoms with E-state index in [9.17, 15) is 9.59 Å². The summed E-state index contributed by atoms with van der Waals surface area (Å²) in [6.07, 6.45) is 0. The van der Waals surface area contributed by atoms with E-state index in [2.05, 4.69) is 49.4 Å². The van der Waals surface area contributed by atoms with Gasteiger partial charge >= 0.3 is 0 Å². The lowest BCUT2D eigenvalue weighted by atomic mass is 10.2. The summed E-state index contributed by atoms with van der Waals surface area (Å²) in [5.74, 6) is 0.338. The van der Waals surface area contributed by atoms with Gasteiger partial charge in [0.15, 0.2) is 6.61 Å². The van der Waals surface area contributed by atoms with Crippen LogP contribution >= 0.6 is 38.5 Å². The molecule has 0 aliphatic carbocycles. The van der Waals surface area contributed by atoms with Crippen LogP contribution in [0.15, 0.2) is 40.9 Å². The third-order valence-electron chi connectivity index (χ3n) is 3.18. The molecule has 2 N–H and O–H groups in total. The predicted molar refractivity (Wildman–Crippen MR) is 106 cm³/mol. The van der Waals surface area contributed by atoms with Gasteiger partial charge in [-0.2, -0.15) is 0 Å². The molecule has 0 radical (unpaired) electrons. The van der Waals surface area contributed by atoms with Gasteiger partial charge < -0.3 is 9.47 Å². The molecule has 0 saturated heterocycles. The average Bonchev–Trinajstić information content (AvgIpc) is 2.58.